The van der Waals surface area contributed by atoms with E-state index >= 15 is 0 Å². The summed E-state index contributed by atoms with van der Waals surface area (Å²) < 4.78 is 6.42. The Morgan fingerprint density at radius 1 is 1.27 bits per heavy atom. The zero-order valence-electron chi connectivity index (χ0n) is 12.0. The van der Waals surface area contributed by atoms with Gasteiger partial charge in [0, 0.05) is 16.8 Å². The van der Waals surface area contributed by atoms with Gasteiger partial charge in [0.05, 0.1) is 4.47 Å². The van der Waals surface area contributed by atoms with Crippen LogP contribution in [-0.2, 0) is 4.79 Å². The van der Waals surface area contributed by atoms with Crippen LogP contribution in [0.5, 0.6) is 5.75 Å². The van der Waals surface area contributed by atoms with Crippen LogP contribution < -0.4 is 10.1 Å². The number of halogens is 2. The standard InChI is InChI=1S/C17H15BrClNO2/c1-12-14(19)9-10-15(17(12)18)22-11-5-8-16(21)20-13-6-3-2-4-7-13/h2-10H,11H2,1H3,(H,20,21). The molecule has 0 spiro atoms. The summed E-state index contributed by atoms with van der Waals surface area (Å²) in [6, 6.07) is 12.8. The fourth-order valence-corrected chi connectivity index (χ4v) is 2.48. The molecule has 0 aromatic heterocycles. The molecule has 0 saturated heterocycles. The Labute approximate surface area is 143 Å². The van der Waals surface area contributed by atoms with Gasteiger partial charge in [0.15, 0.2) is 0 Å². The number of benzene rings is 2. The molecule has 0 aliphatic heterocycles. The molecule has 5 heteroatoms. The molecule has 0 fully saturated rings. The van der Waals surface area contributed by atoms with Crippen molar-refractivity contribution >= 4 is 39.1 Å². The van der Waals surface area contributed by atoms with Crippen molar-refractivity contribution in [3.8, 4) is 5.75 Å². The van der Waals surface area contributed by atoms with E-state index in [0.717, 1.165) is 15.7 Å². The van der Waals surface area contributed by atoms with Gasteiger partial charge in [0.2, 0.25) is 5.91 Å². The van der Waals surface area contributed by atoms with Gasteiger partial charge in [-0.1, -0.05) is 29.8 Å². The van der Waals surface area contributed by atoms with E-state index in [0.29, 0.717) is 17.4 Å². The summed E-state index contributed by atoms with van der Waals surface area (Å²) in [6.45, 7) is 2.20. The molecule has 1 amide bonds. The van der Waals surface area contributed by atoms with Crippen molar-refractivity contribution in [2.24, 2.45) is 0 Å². The van der Waals surface area contributed by atoms with E-state index < -0.39 is 0 Å². The van der Waals surface area contributed by atoms with E-state index in [9.17, 15) is 4.79 Å². The van der Waals surface area contributed by atoms with Crippen LogP contribution in [0.15, 0.2) is 59.1 Å². The van der Waals surface area contributed by atoms with Crippen LogP contribution >= 0.6 is 27.5 Å². The van der Waals surface area contributed by atoms with Gasteiger partial charge in [-0.2, -0.15) is 0 Å². The predicted octanol–water partition coefficient (Wildman–Crippen LogP) is 4.98. The van der Waals surface area contributed by atoms with E-state index in [1.54, 1.807) is 18.2 Å². The second kappa shape index (κ2) is 8.01. The molecule has 0 heterocycles. The molecule has 22 heavy (non-hydrogen) atoms. The van der Waals surface area contributed by atoms with E-state index in [-0.39, 0.29) is 5.91 Å². The van der Waals surface area contributed by atoms with Crippen molar-refractivity contribution in [3.05, 3.63) is 69.7 Å². The monoisotopic (exact) mass is 379 g/mol. The number of hydrogen-bond acceptors (Lipinski definition) is 2. The van der Waals surface area contributed by atoms with Crippen molar-refractivity contribution in [2.75, 3.05) is 11.9 Å². The Bertz CT molecular complexity index is 687. The van der Waals surface area contributed by atoms with Crippen molar-refractivity contribution < 1.29 is 9.53 Å². The molecule has 114 valence electrons. The van der Waals surface area contributed by atoms with Crippen LogP contribution in [0.3, 0.4) is 0 Å². The van der Waals surface area contributed by atoms with Gasteiger partial charge in [-0.25, -0.2) is 0 Å². The summed E-state index contributed by atoms with van der Waals surface area (Å²) in [5, 5.41) is 3.44. The lowest BCUT2D eigenvalue weighted by molar-refractivity contribution is -0.111. The van der Waals surface area contributed by atoms with Gasteiger partial charge >= 0.3 is 0 Å². The first-order chi connectivity index (χ1) is 10.6. The van der Waals surface area contributed by atoms with Crippen LogP contribution in [0.1, 0.15) is 5.56 Å². The minimum absolute atomic E-state index is 0.193. The van der Waals surface area contributed by atoms with Gasteiger partial charge in [-0.05, 0) is 58.8 Å². The largest absolute Gasteiger partial charge is 0.488 e. The summed E-state index contributed by atoms with van der Waals surface area (Å²) in [5.74, 6) is 0.496. The maximum absolute atomic E-state index is 11.7. The van der Waals surface area contributed by atoms with Gasteiger partial charge in [0.1, 0.15) is 12.4 Å². The van der Waals surface area contributed by atoms with Crippen molar-refractivity contribution in [1.82, 2.24) is 0 Å². The lowest BCUT2D eigenvalue weighted by atomic mass is 10.2. The Morgan fingerprint density at radius 3 is 2.73 bits per heavy atom. The number of nitrogens with one attached hydrogen (secondary N) is 1. The number of ether oxygens (including phenoxy) is 1. The third kappa shape index (κ3) is 4.61. The minimum atomic E-state index is -0.193. The summed E-state index contributed by atoms with van der Waals surface area (Å²) in [5.41, 5.74) is 1.68. The number of carbonyl (C=O) groups excluding carboxylic acids is 1. The number of para-hydroxylation sites is 1. The Balaban J connectivity index is 1.86. The summed E-state index contributed by atoms with van der Waals surface area (Å²) in [7, 11) is 0. The molecule has 0 saturated carbocycles. The molecule has 0 bridgehead atoms. The Kier molecular flexibility index (Phi) is 6.04. The predicted molar refractivity (Wildman–Crippen MR) is 93.6 cm³/mol. The van der Waals surface area contributed by atoms with Crippen LogP contribution in [0, 0.1) is 6.92 Å². The van der Waals surface area contributed by atoms with Crippen molar-refractivity contribution in [3.63, 3.8) is 0 Å². The fourth-order valence-electron chi connectivity index (χ4n) is 1.75. The van der Waals surface area contributed by atoms with Crippen molar-refractivity contribution in [1.29, 1.82) is 0 Å². The van der Waals surface area contributed by atoms with E-state index in [2.05, 4.69) is 21.2 Å². The molecule has 0 radical (unpaired) electrons. The van der Waals surface area contributed by atoms with Gasteiger partial charge < -0.3 is 10.1 Å². The average Bonchev–Trinajstić information content (AvgIpc) is 2.52. The van der Waals surface area contributed by atoms with Gasteiger partial charge in [0.25, 0.3) is 0 Å². The normalized spacial score (nSPS) is 10.7. The maximum Gasteiger partial charge on any atom is 0.248 e. The molecule has 3 nitrogen and oxygen atoms in total. The van der Waals surface area contributed by atoms with Gasteiger partial charge in [-0.15, -0.1) is 0 Å². The zero-order chi connectivity index (χ0) is 15.9. The first-order valence-electron chi connectivity index (χ1n) is 6.68. The van der Waals surface area contributed by atoms with Crippen LogP contribution in [0.25, 0.3) is 0 Å². The second-order valence-corrected chi connectivity index (χ2v) is 5.75. The van der Waals surface area contributed by atoms with E-state index in [1.165, 1.54) is 6.08 Å². The molecule has 2 aromatic carbocycles. The lowest BCUT2D eigenvalue weighted by Gasteiger charge is -2.09. The highest BCUT2D eigenvalue weighted by Gasteiger charge is 2.06. The van der Waals surface area contributed by atoms with Gasteiger partial charge in [-0.3, -0.25) is 4.79 Å². The highest BCUT2D eigenvalue weighted by molar-refractivity contribution is 9.10. The Morgan fingerprint density at radius 2 is 2.00 bits per heavy atom. The maximum atomic E-state index is 11.7. The quantitative estimate of drug-likeness (QED) is 0.743. The molecule has 0 unspecified atom stereocenters. The highest BCUT2D eigenvalue weighted by atomic mass is 79.9. The molecule has 2 rings (SSSR count). The minimum Gasteiger partial charge on any atom is -0.488 e. The molecular weight excluding hydrogens is 366 g/mol. The number of anilines is 1. The number of amides is 1. The summed E-state index contributed by atoms with van der Waals surface area (Å²) >= 11 is 9.46. The third-order valence-corrected chi connectivity index (χ3v) is 4.33. The topological polar surface area (TPSA) is 38.3 Å². The van der Waals surface area contributed by atoms with Crippen LogP contribution in [0.2, 0.25) is 5.02 Å². The molecule has 0 aliphatic rings. The molecule has 1 N–H and O–H groups in total. The lowest BCUT2D eigenvalue weighted by Crippen LogP contribution is -2.08. The smallest absolute Gasteiger partial charge is 0.248 e. The molecule has 0 aliphatic carbocycles. The number of carbonyl (C=O) groups is 1. The van der Waals surface area contributed by atoms with Crippen LogP contribution in [0.4, 0.5) is 5.69 Å². The molecular formula is C17H15BrClNO2. The second-order valence-electron chi connectivity index (χ2n) is 4.55. The van der Waals surface area contributed by atoms with Crippen LogP contribution in [-0.4, -0.2) is 12.5 Å². The molecule has 2 aromatic rings. The highest BCUT2D eigenvalue weighted by Crippen LogP contribution is 2.32. The number of rotatable bonds is 5. The van der Waals surface area contributed by atoms with E-state index in [4.69, 9.17) is 16.3 Å². The zero-order valence-corrected chi connectivity index (χ0v) is 14.3. The van der Waals surface area contributed by atoms with Crippen molar-refractivity contribution in [2.45, 2.75) is 6.92 Å². The first-order valence-corrected chi connectivity index (χ1v) is 7.85. The first kappa shape index (κ1) is 16.6. The summed E-state index contributed by atoms with van der Waals surface area (Å²) in [6.07, 6.45) is 3.11. The SMILES string of the molecule is Cc1c(Cl)ccc(OCC=CC(=O)Nc2ccccc2)c1Br. The van der Waals surface area contributed by atoms with E-state index in [1.807, 2.05) is 37.3 Å². The molecule has 0 atom stereocenters. The Hall–Kier alpha value is -1.78. The fraction of sp³-hybridized carbons (Fsp3) is 0.118. The number of hydrogen-bond donors (Lipinski definition) is 1. The third-order valence-electron chi connectivity index (χ3n) is 2.93. The summed E-state index contributed by atoms with van der Waals surface area (Å²) in [4.78, 5) is 11.7. The average molecular weight is 381 g/mol.